The van der Waals surface area contributed by atoms with Crippen molar-refractivity contribution in [2.75, 3.05) is 13.6 Å². The van der Waals surface area contributed by atoms with Crippen LogP contribution in [-0.2, 0) is 22.6 Å². The van der Waals surface area contributed by atoms with Crippen molar-refractivity contribution in [1.29, 1.82) is 0 Å². The average molecular weight is 298 g/mol. The minimum atomic E-state index is -0.610. The van der Waals surface area contributed by atoms with E-state index in [1.54, 1.807) is 37.9 Å². The smallest absolute Gasteiger partial charge is 0.311 e. The van der Waals surface area contributed by atoms with Gasteiger partial charge in [0.1, 0.15) is 0 Å². The molecule has 0 aromatic carbocycles. The number of nitrogens with zero attached hydrogens (tertiary/aromatic N) is 3. The summed E-state index contributed by atoms with van der Waals surface area (Å²) >= 11 is 0. The van der Waals surface area contributed by atoms with Crippen molar-refractivity contribution in [3.05, 3.63) is 60.2 Å². The van der Waals surface area contributed by atoms with Crippen LogP contribution >= 0.6 is 0 Å². The number of carbonyl (C=O) groups is 2. The molecule has 2 aromatic heterocycles. The second-order valence-corrected chi connectivity index (χ2v) is 4.88. The number of pyridine rings is 2. The Morgan fingerprint density at radius 2 is 1.86 bits per heavy atom. The lowest BCUT2D eigenvalue weighted by Crippen LogP contribution is -2.41. The Labute approximate surface area is 129 Å². The highest BCUT2D eigenvalue weighted by atomic mass is 16.2. The van der Waals surface area contributed by atoms with Gasteiger partial charge in [0.15, 0.2) is 0 Å². The van der Waals surface area contributed by atoms with Crippen LogP contribution in [0.1, 0.15) is 11.1 Å². The number of amides is 2. The van der Waals surface area contributed by atoms with E-state index in [0.717, 1.165) is 11.1 Å². The largest absolute Gasteiger partial charge is 0.344 e. The van der Waals surface area contributed by atoms with E-state index in [2.05, 4.69) is 15.3 Å². The SMILES string of the molecule is CN(CCc1ccncc1)C(=O)C(=O)NCc1cccnc1. The summed E-state index contributed by atoms with van der Waals surface area (Å²) < 4.78 is 0. The Bertz CT molecular complexity index is 617. The van der Waals surface area contributed by atoms with Gasteiger partial charge in [-0.3, -0.25) is 19.6 Å². The van der Waals surface area contributed by atoms with Crippen molar-refractivity contribution < 1.29 is 9.59 Å². The van der Waals surface area contributed by atoms with E-state index in [1.807, 2.05) is 18.2 Å². The molecule has 2 heterocycles. The van der Waals surface area contributed by atoms with Gasteiger partial charge in [0, 0.05) is 44.9 Å². The zero-order chi connectivity index (χ0) is 15.8. The molecule has 0 radical (unpaired) electrons. The maximum atomic E-state index is 12.0. The van der Waals surface area contributed by atoms with E-state index in [9.17, 15) is 9.59 Å². The fourth-order valence-corrected chi connectivity index (χ4v) is 1.88. The van der Waals surface area contributed by atoms with Crippen LogP contribution < -0.4 is 5.32 Å². The maximum absolute atomic E-state index is 12.0. The Morgan fingerprint density at radius 1 is 1.09 bits per heavy atom. The van der Waals surface area contributed by atoms with E-state index >= 15 is 0 Å². The third kappa shape index (κ3) is 4.66. The summed E-state index contributed by atoms with van der Waals surface area (Å²) in [6.45, 7) is 0.764. The monoisotopic (exact) mass is 298 g/mol. The minimum absolute atomic E-state index is 0.288. The summed E-state index contributed by atoms with van der Waals surface area (Å²) in [5.74, 6) is -1.15. The molecular formula is C16H18N4O2. The molecule has 2 rings (SSSR count). The van der Waals surface area contributed by atoms with Crippen molar-refractivity contribution in [2.45, 2.75) is 13.0 Å². The highest BCUT2D eigenvalue weighted by Crippen LogP contribution is 2.00. The van der Waals surface area contributed by atoms with Crippen LogP contribution in [0.15, 0.2) is 49.1 Å². The summed E-state index contributed by atoms with van der Waals surface area (Å²) in [6.07, 6.45) is 7.40. The van der Waals surface area contributed by atoms with Crippen molar-refractivity contribution in [3.8, 4) is 0 Å². The second kappa shape index (κ2) is 7.87. The molecule has 6 heteroatoms. The quantitative estimate of drug-likeness (QED) is 0.828. The van der Waals surface area contributed by atoms with Crippen LogP contribution in [0.25, 0.3) is 0 Å². The van der Waals surface area contributed by atoms with Gasteiger partial charge in [-0.25, -0.2) is 0 Å². The van der Waals surface area contributed by atoms with E-state index in [0.29, 0.717) is 13.0 Å². The number of rotatable bonds is 5. The third-order valence-electron chi connectivity index (χ3n) is 3.20. The molecule has 0 aliphatic carbocycles. The Morgan fingerprint density at radius 3 is 2.55 bits per heavy atom. The lowest BCUT2D eigenvalue weighted by molar-refractivity contribution is -0.145. The van der Waals surface area contributed by atoms with Gasteiger partial charge < -0.3 is 10.2 Å². The zero-order valence-electron chi connectivity index (χ0n) is 12.4. The van der Waals surface area contributed by atoms with Gasteiger partial charge in [0.25, 0.3) is 0 Å². The zero-order valence-corrected chi connectivity index (χ0v) is 12.4. The first-order valence-electron chi connectivity index (χ1n) is 6.98. The van der Waals surface area contributed by atoms with Crippen molar-refractivity contribution in [1.82, 2.24) is 20.2 Å². The summed E-state index contributed by atoms with van der Waals surface area (Å²) in [4.78, 5) is 33.1. The normalized spacial score (nSPS) is 10.0. The second-order valence-electron chi connectivity index (χ2n) is 4.88. The van der Waals surface area contributed by atoms with Crippen LogP contribution in [0.5, 0.6) is 0 Å². The number of nitrogens with one attached hydrogen (secondary N) is 1. The highest BCUT2D eigenvalue weighted by Gasteiger charge is 2.17. The topological polar surface area (TPSA) is 75.2 Å². The van der Waals surface area contributed by atoms with Gasteiger partial charge in [0.05, 0.1) is 0 Å². The molecule has 0 bridgehead atoms. The molecule has 2 aromatic rings. The Kier molecular flexibility index (Phi) is 5.59. The van der Waals surface area contributed by atoms with E-state index in [1.165, 1.54) is 4.90 Å². The molecule has 0 saturated heterocycles. The summed E-state index contributed by atoms with van der Waals surface area (Å²) in [6, 6.07) is 7.40. The first-order chi connectivity index (χ1) is 10.7. The molecule has 114 valence electrons. The number of aromatic nitrogens is 2. The molecule has 0 saturated carbocycles. The Hall–Kier alpha value is -2.76. The molecule has 0 aliphatic heterocycles. The fraction of sp³-hybridized carbons (Fsp3) is 0.250. The molecule has 22 heavy (non-hydrogen) atoms. The maximum Gasteiger partial charge on any atom is 0.311 e. The van der Waals surface area contributed by atoms with Gasteiger partial charge in [0.2, 0.25) is 0 Å². The van der Waals surface area contributed by atoms with Crippen molar-refractivity contribution in [2.24, 2.45) is 0 Å². The van der Waals surface area contributed by atoms with Crippen molar-refractivity contribution in [3.63, 3.8) is 0 Å². The molecule has 6 nitrogen and oxygen atoms in total. The van der Waals surface area contributed by atoms with Gasteiger partial charge >= 0.3 is 11.8 Å². The molecule has 0 spiro atoms. The van der Waals surface area contributed by atoms with Crippen molar-refractivity contribution >= 4 is 11.8 Å². The van der Waals surface area contributed by atoms with Crippen LogP contribution in [0.2, 0.25) is 0 Å². The lowest BCUT2D eigenvalue weighted by Gasteiger charge is -2.16. The third-order valence-corrected chi connectivity index (χ3v) is 3.20. The van der Waals surface area contributed by atoms with Gasteiger partial charge in [-0.1, -0.05) is 6.07 Å². The number of hydrogen-bond acceptors (Lipinski definition) is 4. The fourth-order valence-electron chi connectivity index (χ4n) is 1.88. The molecule has 0 unspecified atom stereocenters. The predicted molar refractivity (Wildman–Crippen MR) is 81.7 cm³/mol. The first kappa shape index (κ1) is 15.6. The minimum Gasteiger partial charge on any atom is -0.344 e. The molecule has 0 aliphatic rings. The van der Waals surface area contributed by atoms with Gasteiger partial charge in [-0.05, 0) is 35.7 Å². The Balaban J connectivity index is 1.78. The van der Waals surface area contributed by atoms with Crippen LogP contribution in [0.3, 0.4) is 0 Å². The van der Waals surface area contributed by atoms with E-state index in [4.69, 9.17) is 0 Å². The molecular weight excluding hydrogens is 280 g/mol. The van der Waals surface area contributed by atoms with Crippen LogP contribution in [-0.4, -0.2) is 40.3 Å². The van der Waals surface area contributed by atoms with E-state index in [-0.39, 0.29) is 6.54 Å². The van der Waals surface area contributed by atoms with Gasteiger partial charge in [-0.2, -0.15) is 0 Å². The molecule has 1 N–H and O–H groups in total. The average Bonchev–Trinajstić information content (AvgIpc) is 2.58. The first-order valence-corrected chi connectivity index (χ1v) is 6.98. The standard InChI is InChI=1S/C16H18N4O2/c1-20(10-6-13-4-8-17-9-5-13)16(22)15(21)19-12-14-3-2-7-18-11-14/h2-5,7-9,11H,6,10,12H2,1H3,(H,19,21). The summed E-state index contributed by atoms with van der Waals surface area (Å²) in [7, 11) is 1.62. The van der Waals surface area contributed by atoms with Gasteiger partial charge in [-0.15, -0.1) is 0 Å². The van der Waals surface area contributed by atoms with E-state index < -0.39 is 11.8 Å². The molecule has 0 atom stereocenters. The predicted octanol–water partition coefficient (Wildman–Crippen LogP) is 0.794. The number of hydrogen-bond donors (Lipinski definition) is 1. The molecule has 0 fully saturated rings. The van der Waals surface area contributed by atoms with Crippen LogP contribution in [0, 0.1) is 0 Å². The lowest BCUT2D eigenvalue weighted by atomic mass is 10.2. The highest BCUT2D eigenvalue weighted by molar-refractivity contribution is 6.34. The number of likely N-dealkylation sites (N-methyl/N-ethyl adjacent to an activating group) is 1. The van der Waals surface area contributed by atoms with Crippen LogP contribution in [0.4, 0.5) is 0 Å². The summed E-state index contributed by atoms with van der Waals surface area (Å²) in [5, 5.41) is 2.60. The number of carbonyl (C=O) groups excluding carboxylic acids is 2. The molecule has 2 amide bonds. The summed E-state index contributed by atoms with van der Waals surface area (Å²) in [5.41, 5.74) is 1.92.